The highest BCUT2D eigenvalue weighted by Crippen LogP contribution is 2.01. The van der Waals surface area contributed by atoms with E-state index in [0.29, 0.717) is 11.2 Å². The summed E-state index contributed by atoms with van der Waals surface area (Å²) in [5, 5.41) is 0. The van der Waals surface area contributed by atoms with Crippen LogP contribution >= 0.6 is 0 Å². The van der Waals surface area contributed by atoms with Gasteiger partial charge in [0.15, 0.2) is 11.2 Å². The van der Waals surface area contributed by atoms with E-state index in [1.54, 1.807) is 7.05 Å². The van der Waals surface area contributed by atoms with Crippen molar-refractivity contribution in [3.05, 3.63) is 16.7 Å². The molecule has 0 saturated carbocycles. The molecule has 0 radical (unpaired) electrons. The molecule has 0 aliphatic rings. The summed E-state index contributed by atoms with van der Waals surface area (Å²) in [5.41, 5.74) is 5.97. The molecule has 15 heavy (non-hydrogen) atoms. The zero-order valence-corrected chi connectivity index (χ0v) is 9.11. The maximum Gasteiger partial charge on any atom is 0.280 e. The fourth-order valence-electron chi connectivity index (χ4n) is 0.984. The lowest BCUT2D eigenvalue weighted by Crippen LogP contribution is -2.21. The van der Waals surface area contributed by atoms with Gasteiger partial charge >= 0.3 is 0 Å². The Kier molecular flexibility index (Phi) is 3.43. The molecule has 0 unspecified atom stereocenters. The van der Waals surface area contributed by atoms with Gasteiger partial charge in [0.1, 0.15) is 0 Å². The van der Waals surface area contributed by atoms with Crippen molar-refractivity contribution >= 4 is 17.1 Å². The summed E-state index contributed by atoms with van der Waals surface area (Å²) < 4.78 is 1.26. The molecule has 0 saturated heterocycles. The number of nitrogens with two attached hydrogens (primary N) is 1. The third-order valence-electron chi connectivity index (χ3n) is 1.70. The molecule has 0 atom stereocenters. The van der Waals surface area contributed by atoms with Crippen molar-refractivity contribution in [2.75, 3.05) is 5.73 Å². The van der Waals surface area contributed by atoms with E-state index in [9.17, 15) is 4.79 Å². The van der Waals surface area contributed by atoms with E-state index in [1.807, 2.05) is 0 Å². The number of nitrogens with zero attached hydrogens (tertiary/aromatic N) is 3. The molecule has 0 fully saturated rings. The number of hydrogen-bond acceptors (Lipinski definition) is 4. The van der Waals surface area contributed by atoms with Crippen LogP contribution in [0.15, 0.2) is 11.1 Å². The molecular formula is C9H15N5O. The largest absolute Gasteiger partial charge is 0.369 e. The molecule has 2 aromatic rings. The normalized spacial score (nSPS) is 9.80. The third-order valence-corrected chi connectivity index (χ3v) is 1.70. The van der Waals surface area contributed by atoms with Crippen molar-refractivity contribution in [2.45, 2.75) is 20.3 Å². The van der Waals surface area contributed by atoms with E-state index >= 15 is 0 Å². The molecule has 2 rings (SSSR count). The minimum absolute atomic E-state index is 0.166. The Balaban J connectivity index is 0.000000337. The van der Waals surface area contributed by atoms with E-state index < -0.39 is 0 Å². The lowest BCUT2D eigenvalue weighted by Gasteiger charge is -1.99. The highest BCUT2D eigenvalue weighted by molar-refractivity contribution is 5.69. The molecule has 0 amide bonds. The van der Waals surface area contributed by atoms with E-state index in [0.717, 1.165) is 0 Å². The van der Waals surface area contributed by atoms with E-state index in [1.165, 1.54) is 17.3 Å². The van der Waals surface area contributed by atoms with Crippen molar-refractivity contribution in [1.29, 1.82) is 0 Å². The number of hydrogen-bond donors (Lipinski definition) is 2. The summed E-state index contributed by atoms with van der Waals surface area (Å²) in [6.07, 6.45) is 2.67. The van der Waals surface area contributed by atoms with Crippen LogP contribution in [-0.2, 0) is 7.05 Å². The van der Waals surface area contributed by atoms with Crippen molar-refractivity contribution in [3.63, 3.8) is 0 Å². The second kappa shape index (κ2) is 4.59. The standard InChI is InChI=1S/C6H7N5O.C3H8/c1-11-5(12)3-4(9-2-8-3)10-6(11)7;1-3-2/h2H,1H3,(H2,7,10)(H,8,9);3H2,1-2H3. The van der Waals surface area contributed by atoms with Gasteiger partial charge in [-0.15, -0.1) is 0 Å². The molecule has 0 aromatic carbocycles. The Morgan fingerprint density at radius 2 is 2.13 bits per heavy atom. The number of fused-ring (bicyclic) bond motifs is 1. The Morgan fingerprint density at radius 3 is 2.73 bits per heavy atom. The molecular weight excluding hydrogens is 194 g/mol. The van der Waals surface area contributed by atoms with Crippen molar-refractivity contribution in [2.24, 2.45) is 7.05 Å². The molecule has 6 nitrogen and oxygen atoms in total. The van der Waals surface area contributed by atoms with Crippen molar-refractivity contribution in [3.8, 4) is 0 Å². The maximum absolute atomic E-state index is 11.4. The van der Waals surface area contributed by atoms with Gasteiger partial charge in [-0.25, -0.2) is 4.98 Å². The number of nitrogen functional groups attached to an aromatic ring is 1. The van der Waals surface area contributed by atoms with E-state index in [2.05, 4.69) is 28.8 Å². The number of nitrogens with one attached hydrogen (secondary N) is 1. The van der Waals surface area contributed by atoms with Crippen LogP contribution in [0.2, 0.25) is 0 Å². The topological polar surface area (TPSA) is 89.6 Å². The SMILES string of the molecule is CCC.Cn1c(N)nc2nc[nH]c2c1=O. The van der Waals surface area contributed by atoms with Gasteiger partial charge < -0.3 is 10.7 Å². The summed E-state index contributed by atoms with van der Waals surface area (Å²) in [7, 11) is 1.56. The molecule has 82 valence electrons. The molecule has 0 bridgehead atoms. The lowest BCUT2D eigenvalue weighted by atomic mass is 10.5. The summed E-state index contributed by atoms with van der Waals surface area (Å²) in [6, 6.07) is 0. The average molecular weight is 209 g/mol. The van der Waals surface area contributed by atoms with Gasteiger partial charge in [0, 0.05) is 7.05 Å². The van der Waals surface area contributed by atoms with Crippen molar-refractivity contribution in [1.82, 2.24) is 19.5 Å². The van der Waals surface area contributed by atoms with Crippen LogP contribution in [0.5, 0.6) is 0 Å². The summed E-state index contributed by atoms with van der Waals surface area (Å²) in [5.74, 6) is 0.166. The average Bonchev–Trinajstić information content (AvgIpc) is 2.63. The molecule has 0 aliphatic heterocycles. The van der Waals surface area contributed by atoms with Crippen LogP contribution in [0.4, 0.5) is 5.95 Å². The molecule has 6 heteroatoms. The first-order chi connectivity index (χ1) is 7.11. The van der Waals surface area contributed by atoms with Gasteiger partial charge in [-0.1, -0.05) is 20.3 Å². The second-order valence-electron chi connectivity index (χ2n) is 3.14. The van der Waals surface area contributed by atoms with Gasteiger partial charge in [-0.3, -0.25) is 9.36 Å². The zero-order valence-electron chi connectivity index (χ0n) is 9.11. The number of anilines is 1. The van der Waals surface area contributed by atoms with Crippen LogP contribution in [0, 0.1) is 0 Å². The second-order valence-corrected chi connectivity index (χ2v) is 3.14. The van der Waals surface area contributed by atoms with Crippen molar-refractivity contribution < 1.29 is 0 Å². The zero-order chi connectivity index (χ0) is 11.4. The van der Waals surface area contributed by atoms with Gasteiger partial charge in [0.05, 0.1) is 6.33 Å². The number of rotatable bonds is 0. The first-order valence-electron chi connectivity index (χ1n) is 4.77. The summed E-state index contributed by atoms with van der Waals surface area (Å²) in [4.78, 5) is 21.8. The van der Waals surface area contributed by atoms with Crippen LogP contribution in [0.1, 0.15) is 20.3 Å². The Labute approximate surface area is 87.2 Å². The fraction of sp³-hybridized carbons (Fsp3) is 0.444. The molecule has 0 aliphatic carbocycles. The molecule has 0 spiro atoms. The van der Waals surface area contributed by atoms with Gasteiger partial charge in [-0.05, 0) is 0 Å². The predicted octanol–water partition coefficient (Wildman–Crippen LogP) is 0.655. The fourth-order valence-corrected chi connectivity index (χ4v) is 0.984. The highest BCUT2D eigenvalue weighted by atomic mass is 16.1. The van der Waals surface area contributed by atoms with Crippen LogP contribution in [0.25, 0.3) is 11.2 Å². The molecule has 3 N–H and O–H groups in total. The predicted molar refractivity (Wildman–Crippen MR) is 59.5 cm³/mol. The van der Waals surface area contributed by atoms with Crippen LogP contribution in [0.3, 0.4) is 0 Å². The Morgan fingerprint density at radius 1 is 1.53 bits per heavy atom. The number of aromatic nitrogens is 4. The number of imidazole rings is 1. The Bertz CT molecular complexity index is 499. The lowest BCUT2D eigenvalue weighted by molar-refractivity contribution is 0.858. The Hall–Kier alpha value is -1.85. The van der Waals surface area contributed by atoms with E-state index in [-0.39, 0.29) is 11.5 Å². The smallest absolute Gasteiger partial charge is 0.280 e. The maximum atomic E-state index is 11.4. The summed E-state index contributed by atoms with van der Waals surface area (Å²) in [6.45, 7) is 4.25. The quantitative estimate of drug-likeness (QED) is 0.666. The van der Waals surface area contributed by atoms with Gasteiger partial charge in [0.25, 0.3) is 5.56 Å². The highest BCUT2D eigenvalue weighted by Gasteiger charge is 2.06. The monoisotopic (exact) mass is 209 g/mol. The van der Waals surface area contributed by atoms with Crippen LogP contribution in [-0.4, -0.2) is 19.5 Å². The first kappa shape index (κ1) is 11.2. The summed E-state index contributed by atoms with van der Waals surface area (Å²) >= 11 is 0. The minimum atomic E-state index is -0.213. The minimum Gasteiger partial charge on any atom is -0.369 e. The number of aromatic amines is 1. The molecule has 2 heterocycles. The third kappa shape index (κ3) is 2.15. The molecule has 2 aromatic heterocycles. The van der Waals surface area contributed by atoms with Gasteiger partial charge in [-0.2, -0.15) is 4.98 Å². The number of H-pyrrole nitrogens is 1. The van der Waals surface area contributed by atoms with Crippen LogP contribution < -0.4 is 11.3 Å². The van der Waals surface area contributed by atoms with Gasteiger partial charge in [0.2, 0.25) is 5.95 Å². The first-order valence-corrected chi connectivity index (χ1v) is 4.77. The van der Waals surface area contributed by atoms with E-state index in [4.69, 9.17) is 5.73 Å².